The van der Waals surface area contributed by atoms with Crippen LogP contribution < -0.4 is 5.43 Å². The monoisotopic (exact) mass is 470 g/mol. The van der Waals surface area contributed by atoms with Gasteiger partial charge in [-0.3, -0.25) is 0 Å². The van der Waals surface area contributed by atoms with Crippen molar-refractivity contribution in [3.8, 4) is 5.69 Å². The van der Waals surface area contributed by atoms with E-state index < -0.39 is 0 Å². The van der Waals surface area contributed by atoms with Crippen molar-refractivity contribution in [3.05, 3.63) is 62.8 Å². The van der Waals surface area contributed by atoms with Crippen molar-refractivity contribution in [1.82, 2.24) is 20.2 Å². The van der Waals surface area contributed by atoms with E-state index in [2.05, 4.69) is 27.7 Å². The van der Waals surface area contributed by atoms with Gasteiger partial charge in [0.05, 0.1) is 0 Å². The first-order chi connectivity index (χ1) is 13.1. The molecule has 0 unspecified atom stereocenters. The van der Waals surface area contributed by atoms with Gasteiger partial charge in [0.2, 0.25) is 0 Å². The number of nitrogens with one attached hydrogen (secondary N) is 1. The van der Waals surface area contributed by atoms with Crippen molar-refractivity contribution < 1.29 is 4.79 Å². The van der Waals surface area contributed by atoms with Crippen LogP contribution in [0, 0.1) is 0 Å². The summed E-state index contributed by atoms with van der Waals surface area (Å²) in [5, 5.41) is 7.63. The molecule has 0 spiro atoms. The maximum absolute atomic E-state index is 12.8. The zero-order chi connectivity index (χ0) is 18.8. The number of piperidine rings is 1. The van der Waals surface area contributed by atoms with Gasteiger partial charge in [0.25, 0.3) is 0 Å². The van der Waals surface area contributed by atoms with E-state index >= 15 is 0 Å². The SMILES string of the molecule is O=C(NN1CCCCC1)c1cc(C2=CC=C[SeH2]2)n(-c2ccc(Cl)cc2Cl)n1. The third-order valence-electron chi connectivity index (χ3n) is 4.57. The van der Waals surface area contributed by atoms with Crippen molar-refractivity contribution in [1.29, 1.82) is 0 Å². The van der Waals surface area contributed by atoms with Crippen molar-refractivity contribution in [2.75, 3.05) is 13.1 Å². The summed E-state index contributed by atoms with van der Waals surface area (Å²) in [7, 11) is 0. The average molecular weight is 470 g/mol. The molecule has 0 bridgehead atoms. The van der Waals surface area contributed by atoms with Gasteiger partial charge in [-0.2, -0.15) is 0 Å². The number of aromatic nitrogens is 2. The Morgan fingerprint density at radius 1 is 1.15 bits per heavy atom. The van der Waals surface area contributed by atoms with E-state index in [1.807, 2.05) is 17.1 Å². The van der Waals surface area contributed by atoms with Crippen LogP contribution in [-0.2, 0) is 0 Å². The average Bonchev–Trinajstić information content (AvgIpc) is 3.32. The Bertz CT molecular complexity index is 932. The quantitative estimate of drug-likeness (QED) is 0.698. The number of benzene rings is 1. The fourth-order valence-corrected chi connectivity index (χ4v) is 5.57. The zero-order valence-corrected chi connectivity index (χ0v) is 18.2. The summed E-state index contributed by atoms with van der Waals surface area (Å²) in [6.07, 6.45) is 7.56. The molecule has 0 aliphatic carbocycles. The molecule has 27 heavy (non-hydrogen) atoms. The Morgan fingerprint density at radius 2 is 1.96 bits per heavy atom. The van der Waals surface area contributed by atoms with Crippen molar-refractivity contribution >= 4 is 48.5 Å². The van der Waals surface area contributed by atoms with Crippen LogP contribution in [0.5, 0.6) is 0 Å². The molecule has 2 aromatic rings. The number of allylic oxidation sites excluding steroid dienone is 2. The van der Waals surface area contributed by atoms with Gasteiger partial charge in [-0.1, -0.05) is 0 Å². The molecule has 1 N–H and O–H groups in total. The van der Waals surface area contributed by atoms with Crippen LogP contribution in [0.1, 0.15) is 35.4 Å². The first kappa shape index (κ1) is 18.8. The molecular formula is C19H20Cl2N4OSe. The van der Waals surface area contributed by atoms with Gasteiger partial charge in [0, 0.05) is 0 Å². The van der Waals surface area contributed by atoms with Crippen molar-refractivity contribution in [2.24, 2.45) is 0 Å². The predicted octanol–water partition coefficient (Wildman–Crippen LogP) is 3.35. The van der Waals surface area contributed by atoms with Crippen LogP contribution in [0.4, 0.5) is 0 Å². The van der Waals surface area contributed by atoms with E-state index in [9.17, 15) is 4.79 Å². The molecule has 1 saturated heterocycles. The van der Waals surface area contributed by atoms with Crippen LogP contribution in [0.2, 0.25) is 10.0 Å². The maximum atomic E-state index is 12.8. The zero-order valence-electron chi connectivity index (χ0n) is 14.6. The number of hydrogen-bond donors (Lipinski definition) is 1. The number of rotatable bonds is 4. The van der Waals surface area contributed by atoms with Crippen LogP contribution in [0.15, 0.2) is 41.4 Å². The molecule has 0 saturated carbocycles. The van der Waals surface area contributed by atoms with Crippen LogP contribution in [-0.4, -0.2) is 48.7 Å². The summed E-state index contributed by atoms with van der Waals surface area (Å²) in [6, 6.07) is 7.15. The Labute approximate surface area is 174 Å². The molecular weight excluding hydrogens is 450 g/mol. The minimum absolute atomic E-state index is 0.187. The molecule has 4 rings (SSSR count). The molecule has 1 aromatic heterocycles. The van der Waals surface area contributed by atoms with E-state index in [1.54, 1.807) is 16.8 Å². The van der Waals surface area contributed by atoms with Crippen LogP contribution in [0.25, 0.3) is 10.2 Å². The predicted molar refractivity (Wildman–Crippen MR) is 112 cm³/mol. The fraction of sp³-hybridized carbons (Fsp3) is 0.263. The Hall–Kier alpha value is -1.56. The second kappa shape index (κ2) is 8.21. The molecule has 0 atom stereocenters. The molecule has 1 amide bonds. The summed E-state index contributed by atoms with van der Waals surface area (Å²) in [5.74, 6) is -0.187. The molecule has 3 heterocycles. The van der Waals surface area contributed by atoms with Gasteiger partial charge in [0.1, 0.15) is 0 Å². The van der Waals surface area contributed by atoms with Crippen molar-refractivity contribution in [3.63, 3.8) is 0 Å². The van der Waals surface area contributed by atoms with E-state index in [4.69, 9.17) is 23.2 Å². The van der Waals surface area contributed by atoms with Gasteiger partial charge >= 0.3 is 174 Å². The molecule has 1 fully saturated rings. The normalized spacial score (nSPS) is 18.7. The summed E-state index contributed by atoms with van der Waals surface area (Å²) in [6.45, 7) is 1.76. The topological polar surface area (TPSA) is 50.2 Å². The third-order valence-corrected chi connectivity index (χ3v) is 7.40. The first-order valence-corrected chi connectivity index (χ1v) is 11.9. The molecule has 2 aliphatic heterocycles. The van der Waals surface area contributed by atoms with E-state index in [-0.39, 0.29) is 20.9 Å². The van der Waals surface area contributed by atoms with Gasteiger partial charge in [-0.15, -0.1) is 0 Å². The molecule has 0 radical (unpaired) electrons. The Morgan fingerprint density at radius 3 is 2.67 bits per heavy atom. The number of amides is 1. The number of nitrogens with zero attached hydrogens (tertiary/aromatic N) is 3. The van der Waals surface area contributed by atoms with Gasteiger partial charge in [-0.25, -0.2) is 0 Å². The summed E-state index contributed by atoms with van der Waals surface area (Å²) < 4.78 is 2.97. The minimum atomic E-state index is -0.384. The number of carbonyl (C=O) groups is 1. The molecule has 2 aliphatic rings. The summed E-state index contributed by atoms with van der Waals surface area (Å²) in [5.41, 5.74) is 5.00. The van der Waals surface area contributed by atoms with Gasteiger partial charge < -0.3 is 0 Å². The second-order valence-corrected chi connectivity index (χ2v) is 9.77. The third kappa shape index (κ3) is 4.15. The van der Waals surface area contributed by atoms with E-state index in [0.29, 0.717) is 21.4 Å². The Balaban J connectivity index is 1.68. The van der Waals surface area contributed by atoms with E-state index in [0.717, 1.165) is 31.6 Å². The second-order valence-electron chi connectivity index (χ2n) is 6.49. The van der Waals surface area contributed by atoms with E-state index in [1.165, 1.54) is 10.9 Å². The first-order valence-electron chi connectivity index (χ1n) is 8.87. The number of carbonyl (C=O) groups excluding carboxylic acids is 1. The molecule has 8 heteroatoms. The summed E-state index contributed by atoms with van der Waals surface area (Å²) in [4.78, 5) is 15.0. The number of hydrazine groups is 1. The van der Waals surface area contributed by atoms with Crippen LogP contribution in [0.3, 0.4) is 0 Å². The molecule has 142 valence electrons. The van der Waals surface area contributed by atoms with Gasteiger partial charge in [0.15, 0.2) is 0 Å². The number of hydrogen-bond acceptors (Lipinski definition) is 3. The summed E-state index contributed by atoms with van der Waals surface area (Å²) >= 11 is 12.1. The number of halogens is 2. The Kier molecular flexibility index (Phi) is 5.71. The van der Waals surface area contributed by atoms with Gasteiger partial charge in [-0.05, 0) is 0 Å². The fourth-order valence-electron chi connectivity index (χ4n) is 3.22. The van der Waals surface area contributed by atoms with Crippen molar-refractivity contribution in [2.45, 2.75) is 19.3 Å². The molecule has 1 aromatic carbocycles. The van der Waals surface area contributed by atoms with Crippen LogP contribution >= 0.6 is 23.2 Å². The molecule has 5 nitrogen and oxygen atoms in total. The standard InChI is InChI=1S/C19H20Cl2N4OSe/c20-13-6-7-16(14(21)11-13)25-17(18-5-4-10-27-18)12-15(22-25)19(26)23-24-8-2-1-3-9-24/h4-7,10-12H,1-3,8-9,27H2,(H,23,26).